The number of carbonyl (C=O) groups excluding carboxylic acids is 1. The summed E-state index contributed by atoms with van der Waals surface area (Å²) in [5.74, 6) is 0.344. The lowest BCUT2D eigenvalue weighted by atomic mass is 9.92. The highest BCUT2D eigenvalue weighted by atomic mass is 16.2. The quantitative estimate of drug-likeness (QED) is 0.767. The Morgan fingerprint density at radius 2 is 1.94 bits per heavy atom. The normalized spacial score (nSPS) is 12.4. The van der Waals surface area contributed by atoms with E-state index in [1.165, 1.54) is 5.56 Å². The van der Waals surface area contributed by atoms with Gasteiger partial charge in [-0.1, -0.05) is 30.3 Å². The maximum absolute atomic E-state index is 11.4. The van der Waals surface area contributed by atoms with Crippen molar-refractivity contribution in [3.05, 3.63) is 35.9 Å². The van der Waals surface area contributed by atoms with Crippen LogP contribution < -0.4 is 0 Å². The smallest absolute Gasteiger partial charge is 0.132 e. The highest BCUT2D eigenvalue weighted by Crippen LogP contribution is 2.16. The molecule has 0 saturated carbocycles. The molecule has 0 heterocycles. The van der Waals surface area contributed by atoms with Crippen LogP contribution in [0.15, 0.2) is 30.3 Å². The summed E-state index contributed by atoms with van der Waals surface area (Å²) < 4.78 is 0. The number of aliphatic hydroxyl groups excluding tert-OH is 1. The van der Waals surface area contributed by atoms with Gasteiger partial charge in [0.2, 0.25) is 0 Å². The van der Waals surface area contributed by atoms with Gasteiger partial charge in [0.15, 0.2) is 0 Å². The van der Waals surface area contributed by atoms with Crippen molar-refractivity contribution in [1.29, 1.82) is 0 Å². The Morgan fingerprint density at radius 3 is 2.50 bits per heavy atom. The number of hydrogen-bond donors (Lipinski definition) is 1. The molecule has 1 atom stereocenters. The SMILES string of the molecule is CC(=O)C(CCCO)CCc1ccccc1. The second-order valence-corrected chi connectivity index (χ2v) is 4.20. The third-order valence-electron chi connectivity index (χ3n) is 2.91. The van der Waals surface area contributed by atoms with Crippen molar-refractivity contribution in [2.24, 2.45) is 5.92 Å². The van der Waals surface area contributed by atoms with Crippen molar-refractivity contribution in [2.75, 3.05) is 6.61 Å². The number of carbonyl (C=O) groups is 1. The summed E-state index contributed by atoms with van der Waals surface area (Å²) in [4.78, 5) is 11.4. The molecule has 1 aromatic rings. The van der Waals surface area contributed by atoms with E-state index in [4.69, 9.17) is 5.11 Å². The van der Waals surface area contributed by atoms with Crippen molar-refractivity contribution >= 4 is 5.78 Å². The van der Waals surface area contributed by atoms with Crippen LogP contribution in [-0.2, 0) is 11.2 Å². The highest BCUT2D eigenvalue weighted by Gasteiger charge is 2.13. The van der Waals surface area contributed by atoms with Crippen LogP contribution in [0.4, 0.5) is 0 Å². The third-order valence-corrected chi connectivity index (χ3v) is 2.91. The Bertz CT molecular complexity index is 306. The molecule has 0 aromatic heterocycles. The molecule has 0 saturated heterocycles. The van der Waals surface area contributed by atoms with Gasteiger partial charge in [-0.2, -0.15) is 0 Å². The minimum atomic E-state index is 0.104. The third kappa shape index (κ3) is 4.58. The van der Waals surface area contributed by atoms with Crippen LogP contribution >= 0.6 is 0 Å². The van der Waals surface area contributed by atoms with Gasteiger partial charge in [-0.3, -0.25) is 4.79 Å². The van der Waals surface area contributed by atoms with Gasteiger partial charge < -0.3 is 5.11 Å². The van der Waals surface area contributed by atoms with Crippen molar-refractivity contribution < 1.29 is 9.90 Å². The first-order valence-electron chi connectivity index (χ1n) is 5.89. The molecule has 1 rings (SSSR count). The molecular weight excluding hydrogens is 200 g/mol. The summed E-state index contributed by atoms with van der Waals surface area (Å²) >= 11 is 0. The van der Waals surface area contributed by atoms with E-state index in [2.05, 4.69) is 12.1 Å². The molecular formula is C14H20O2. The number of aliphatic hydroxyl groups is 1. The molecule has 1 unspecified atom stereocenters. The fraction of sp³-hybridized carbons (Fsp3) is 0.500. The maximum atomic E-state index is 11.4. The largest absolute Gasteiger partial charge is 0.396 e. The van der Waals surface area contributed by atoms with E-state index in [-0.39, 0.29) is 18.3 Å². The maximum Gasteiger partial charge on any atom is 0.132 e. The summed E-state index contributed by atoms with van der Waals surface area (Å²) in [6.45, 7) is 1.82. The van der Waals surface area contributed by atoms with Crippen LogP contribution in [0.1, 0.15) is 31.7 Å². The van der Waals surface area contributed by atoms with Crippen LogP contribution in [-0.4, -0.2) is 17.5 Å². The van der Waals surface area contributed by atoms with Gasteiger partial charge in [-0.05, 0) is 38.2 Å². The minimum Gasteiger partial charge on any atom is -0.396 e. The van der Waals surface area contributed by atoms with E-state index in [1.807, 2.05) is 18.2 Å². The van der Waals surface area contributed by atoms with Crippen LogP contribution in [0.3, 0.4) is 0 Å². The van der Waals surface area contributed by atoms with Crippen LogP contribution in [0.25, 0.3) is 0 Å². The second kappa shape index (κ2) is 7.18. The van der Waals surface area contributed by atoms with Crippen molar-refractivity contribution in [3.8, 4) is 0 Å². The number of ketones is 1. The average Bonchev–Trinajstić information content (AvgIpc) is 2.30. The van der Waals surface area contributed by atoms with E-state index in [1.54, 1.807) is 6.92 Å². The predicted molar refractivity (Wildman–Crippen MR) is 65.3 cm³/mol. The molecule has 0 aliphatic rings. The number of hydrogen-bond acceptors (Lipinski definition) is 2. The lowest BCUT2D eigenvalue weighted by Gasteiger charge is -2.12. The molecule has 2 nitrogen and oxygen atoms in total. The van der Waals surface area contributed by atoms with E-state index in [0.29, 0.717) is 0 Å². The summed E-state index contributed by atoms with van der Waals surface area (Å²) in [5.41, 5.74) is 1.28. The molecule has 0 spiro atoms. The topological polar surface area (TPSA) is 37.3 Å². The zero-order valence-corrected chi connectivity index (χ0v) is 9.86. The summed E-state index contributed by atoms with van der Waals surface area (Å²) in [6, 6.07) is 10.2. The average molecular weight is 220 g/mol. The molecule has 0 bridgehead atoms. The molecule has 88 valence electrons. The summed E-state index contributed by atoms with van der Waals surface area (Å²) in [5, 5.41) is 8.77. The molecule has 0 radical (unpaired) electrons. The number of aryl methyl sites for hydroxylation is 1. The monoisotopic (exact) mass is 220 g/mol. The first kappa shape index (κ1) is 12.9. The first-order valence-corrected chi connectivity index (χ1v) is 5.89. The lowest BCUT2D eigenvalue weighted by Crippen LogP contribution is -2.12. The zero-order valence-electron chi connectivity index (χ0n) is 9.86. The molecule has 2 heteroatoms. The van der Waals surface area contributed by atoms with Gasteiger partial charge >= 0.3 is 0 Å². The minimum absolute atomic E-state index is 0.104. The number of Topliss-reactive ketones (excluding diaryl/α,β-unsaturated/α-hetero) is 1. The fourth-order valence-electron chi connectivity index (χ4n) is 1.87. The zero-order chi connectivity index (χ0) is 11.8. The van der Waals surface area contributed by atoms with Gasteiger partial charge in [0, 0.05) is 12.5 Å². The summed E-state index contributed by atoms with van der Waals surface area (Å²) in [7, 11) is 0. The first-order chi connectivity index (χ1) is 7.74. The van der Waals surface area contributed by atoms with Crippen molar-refractivity contribution in [3.63, 3.8) is 0 Å². The Kier molecular flexibility index (Phi) is 5.79. The molecule has 1 aromatic carbocycles. The Balaban J connectivity index is 2.41. The van der Waals surface area contributed by atoms with E-state index in [9.17, 15) is 4.79 Å². The summed E-state index contributed by atoms with van der Waals surface area (Å²) in [6.07, 6.45) is 3.35. The molecule has 0 fully saturated rings. The van der Waals surface area contributed by atoms with Gasteiger partial charge in [0.25, 0.3) is 0 Å². The number of benzene rings is 1. The van der Waals surface area contributed by atoms with E-state index >= 15 is 0 Å². The van der Waals surface area contributed by atoms with E-state index in [0.717, 1.165) is 25.7 Å². The molecule has 16 heavy (non-hydrogen) atoms. The standard InChI is InChI=1S/C14H20O2/c1-12(16)14(8-5-11-15)10-9-13-6-3-2-4-7-13/h2-4,6-7,14-15H,5,8-11H2,1H3. The Morgan fingerprint density at radius 1 is 1.25 bits per heavy atom. The Hall–Kier alpha value is -1.15. The molecule has 0 amide bonds. The molecule has 0 aliphatic heterocycles. The van der Waals surface area contributed by atoms with Crippen molar-refractivity contribution in [2.45, 2.75) is 32.6 Å². The second-order valence-electron chi connectivity index (χ2n) is 4.20. The van der Waals surface area contributed by atoms with Gasteiger partial charge in [0.1, 0.15) is 5.78 Å². The van der Waals surface area contributed by atoms with Crippen LogP contribution in [0, 0.1) is 5.92 Å². The van der Waals surface area contributed by atoms with Gasteiger partial charge in [0.05, 0.1) is 0 Å². The van der Waals surface area contributed by atoms with Crippen molar-refractivity contribution in [1.82, 2.24) is 0 Å². The van der Waals surface area contributed by atoms with Crippen LogP contribution in [0.5, 0.6) is 0 Å². The predicted octanol–water partition coefficient (Wildman–Crippen LogP) is 2.60. The molecule has 0 aliphatic carbocycles. The van der Waals surface area contributed by atoms with Crippen LogP contribution in [0.2, 0.25) is 0 Å². The van der Waals surface area contributed by atoms with Gasteiger partial charge in [-0.25, -0.2) is 0 Å². The number of rotatable bonds is 7. The van der Waals surface area contributed by atoms with Gasteiger partial charge in [-0.15, -0.1) is 0 Å². The fourth-order valence-corrected chi connectivity index (χ4v) is 1.87. The van der Waals surface area contributed by atoms with E-state index < -0.39 is 0 Å². The highest BCUT2D eigenvalue weighted by molar-refractivity contribution is 5.78. The Labute approximate surface area is 97.3 Å². The molecule has 1 N–H and O–H groups in total. The lowest BCUT2D eigenvalue weighted by molar-refractivity contribution is -0.121.